The number of benzene rings is 3. The highest BCUT2D eigenvalue weighted by Crippen LogP contribution is 2.27. The number of carbonyl (C=O) groups is 3. The number of nitrogens with one attached hydrogen (secondary N) is 2. The quantitative estimate of drug-likeness (QED) is 0.349. The number of rotatable bonds is 7. The number of ketones is 1. The van der Waals surface area contributed by atoms with E-state index >= 15 is 0 Å². The van der Waals surface area contributed by atoms with E-state index in [2.05, 4.69) is 31.4 Å². The van der Waals surface area contributed by atoms with Gasteiger partial charge in [0.1, 0.15) is 5.78 Å². The van der Waals surface area contributed by atoms with E-state index < -0.39 is 5.54 Å². The molecule has 208 valence electrons. The first-order valence-corrected chi connectivity index (χ1v) is 13.8. The lowest BCUT2D eigenvalue weighted by Gasteiger charge is -2.24. The topological polar surface area (TPSA) is 75.3 Å². The van der Waals surface area contributed by atoms with Crippen molar-refractivity contribution in [2.45, 2.75) is 98.1 Å². The molecule has 3 aromatic rings. The van der Waals surface area contributed by atoms with Crippen molar-refractivity contribution in [3.63, 3.8) is 0 Å². The molecule has 0 heterocycles. The number of amides is 2. The average Bonchev–Trinajstić information content (AvgIpc) is 2.79. The maximum atomic E-state index is 13.3. The summed E-state index contributed by atoms with van der Waals surface area (Å²) in [4.78, 5) is 39.8. The molecule has 3 rings (SSSR count). The fourth-order valence-electron chi connectivity index (χ4n) is 4.59. The molecule has 0 bridgehead atoms. The monoisotopic (exact) mass is 528 g/mol. The molecule has 5 heteroatoms. The van der Waals surface area contributed by atoms with Crippen LogP contribution < -0.4 is 10.6 Å². The third-order valence-corrected chi connectivity index (χ3v) is 6.50. The Kier molecular flexibility index (Phi) is 8.74. The van der Waals surface area contributed by atoms with Crippen LogP contribution in [0.1, 0.15) is 106 Å². The van der Waals surface area contributed by atoms with E-state index in [1.54, 1.807) is 0 Å². The molecule has 0 aliphatic carbocycles. The summed E-state index contributed by atoms with van der Waals surface area (Å²) in [5.74, 6) is -0.287. The minimum absolute atomic E-state index is 0.0252. The van der Waals surface area contributed by atoms with Crippen LogP contribution in [-0.4, -0.2) is 28.7 Å². The summed E-state index contributed by atoms with van der Waals surface area (Å²) in [7, 11) is 0. The van der Waals surface area contributed by atoms with Gasteiger partial charge in [-0.05, 0) is 86.9 Å². The van der Waals surface area contributed by atoms with Crippen LogP contribution in [0.2, 0.25) is 0 Å². The van der Waals surface area contributed by atoms with E-state index in [0.717, 1.165) is 21.9 Å². The van der Waals surface area contributed by atoms with E-state index in [1.165, 1.54) is 0 Å². The van der Waals surface area contributed by atoms with Gasteiger partial charge in [0.25, 0.3) is 11.8 Å². The van der Waals surface area contributed by atoms with E-state index in [0.29, 0.717) is 23.1 Å². The zero-order chi connectivity index (χ0) is 29.2. The van der Waals surface area contributed by atoms with Gasteiger partial charge in [-0.25, -0.2) is 0 Å². The van der Waals surface area contributed by atoms with Gasteiger partial charge in [-0.3, -0.25) is 14.4 Å². The van der Waals surface area contributed by atoms with Crippen molar-refractivity contribution in [3.05, 3.63) is 82.4 Å². The van der Waals surface area contributed by atoms with Gasteiger partial charge in [0.2, 0.25) is 0 Å². The molecule has 0 unspecified atom stereocenters. The van der Waals surface area contributed by atoms with Crippen molar-refractivity contribution in [1.82, 2.24) is 10.6 Å². The van der Waals surface area contributed by atoms with Gasteiger partial charge >= 0.3 is 0 Å². The van der Waals surface area contributed by atoms with Crippen molar-refractivity contribution in [2.75, 3.05) is 0 Å². The molecule has 0 atom stereocenters. The van der Waals surface area contributed by atoms with Gasteiger partial charge in [-0.1, -0.05) is 69.3 Å². The molecule has 0 saturated heterocycles. The summed E-state index contributed by atoms with van der Waals surface area (Å²) in [6, 6.07) is 17.6. The molecule has 5 nitrogen and oxygen atoms in total. The first-order chi connectivity index (χ1) is 17.9. The molecule has 0 saturated carbocycles. The zero-order valence-corrected chi connectivity index (χ0v) is 25.0. The predicted octanol–water partition coefficient (Wildman–Crippen LogP) is 6.94. The molecule has 0 aromatic heterocycles. The smallest absolute Gasteiger partial charge is 0.252 e. The maximum Gasteiger partial charge on any atom is 0.252 e. The number of hydrogen-bond donors (Lipinski definition) is 2. The Morgan fingerprint density at radius 2 is 1.28 bits per heavy atom. The van der Waals surface area contributed by atoms with Crippen LogP contribution >= 0.6 is 0 Å². The van der Waals surface area contributed by atoms with Gasteiger partial charge in [-0.2, -0.15) is 0 Å². The lowest BCUT2D eigenvalue weighted by Crippen LogP contribution is -2.41. The predicted molar refractivity (Wildman–Crippen MR) is 161 cm³/mol. The molecule has 2 N–H and O–H groups in total. The fraction of sp³-hybridized carbons (Fsp3) is 0.441. The third-order valence-electron chi connectivity index (χ3n) is 6.50. The highest BCUT2D eigenvalue weighted by Gasteiger charge is 2.24. The van der Waals surface area contributed by atoms with Crippen LogP contribution in [0, 0.1) is 0 Å². The molecule has 2 amide bonds. The molecule has 39 heavy (non-hydrogen) atoms. The van der Waals surface area contributed by atoms with Crippen LogP contribution in [0.5, 0.6) is 0 Å². The standard InChI is InChI=1S/C34H44N2O3/c1-32(2,3)25-18-16-23(28(21-25)30(38)35-33(4,5)6)17-19-26(37)20-24-15-14-22-12-10-11-13-27(22)29(24)31(39)36-34(7,8)9/h10-16,18,21H,17,19-20H2,1-9H3,(H,35,38)(H,36,39). The summed E-state index contributed by atoms with van der Waals surface area (Å²) < 4.78 is 0. The molecular weight excluding hydrogens is 484 g/mol. The SMILES string of the molecule is CC(C)(C)NC(=O)c1cc(C(C)(C)C)ccc1CCC(=O)Cc1ccc2ccccc2c1C(=O)NC(C)(C)C. The maximum absolute atomic E-state index is 13.3. The minimum atomic E-state index is -0.404. The van der Waals surface area contributed by atoms with Crippen molar-refractivity contribution >= 4 is 28.4 Å². The van der Waals surface area contributed by atoms with E-state index in [-0.39, 0.29) is 41.4 Å². The van der Waals surface area contributed by atoms with Crippen molar-refractivity contribution in [3.8, 4) is 0 Å². The fourth-order valence-corrected chi connectivity index (χ4v) is 4.59. The van der Waals surface area contributed by atoms with Gasteiger partial charge in [0.15, 0.2) is 0 Å². The Bertz CT molecular complexity index is 1380. The first-order valence-electron chi connectivity index (χ1n) is 13.8. The molecule has 0 fully saturated rings. The number of hydrogen-bond acceptors (Lipinski definition) is 3. The molecule has 0 aliphatic heterocycles. The summed E-state index contributed by atoms with van der Waals surface area (Å²) in [5.41, 5.74) is 2.92. The number of Topliss-reactive ketones (excluding diaryl/α,β-unsaturated/α-hetero) is 1. The van der Waals surface area contributed by atoms with Crippen LogP contribution in [0.15, 0.2) is 54.6 Å². The van der Waals surface area contributed by atoms with Gasteiger partial charge < -0.3 is 10.6 Å². The average molecular weight is 529 g/mol. The Balaban J connectivity index is 1.88. The minimum Gasteiger partial charge on any atom is -0.347 e. The van der Waals surface area contributed by atoms with Crippen molar-refractivity contribution in [2.24, 2.45) is 0 Å². The molecular formula is C34H44N2O3. The lowest BCUT2D eigenvalue weighted by atomic mass is 9.84. The summed E-state index contributed by atoms with van der Waals surface area (Å²) in [6.07, 6.45) is 0.881. The second-order valence-electron chi connectivity index (χ2n) is 13.6. The van der Waals surface area contributed by atoms with Gasteiger partial charge in [0.05, 0.1) is 5.56 Å². The Morgan fingerprint density at radius 3 is 1.90 bits per heavy atom. The molecule has 3 aromatic carbocycles. The van der Waals surface area contributed by atoms with Crippen LogP contribution in [-0.2, 0) is 23.1 Å². The Morgan fingerprint density at radius 1 is 0.692 bits per heavy atom. The normalized spacial score (nSPS) is 12.3. The van der Waals surface area contributed by atoms with Crippen molar-refractivity contribution < 1.29 is 14.4 Å². The van der Waals surface area contributed by atoms with Crippen LogP contribution in [0.4, 0.5) is 0 Å². The number of carbonyl (C=O) groups excluding carboxylic acids is 3. The number of fused-ring (bicyclic) bond motifs is 1. The second-order valence-corrected chi connectivity index (χ2v) is 13.6. The van der Waals surface area contributed by atoms with E-state index in [1.807, 2.05) is 96.1 Å². The zero-order valence-electron chi connectivity index (χ0n) is 25.0. The summed E-state index contributed by atoms with van der Waals surface area (Å²) in [5, 5.41) is 7.93. The van der Waals surface area contributed by atoms with Crippen LogP contribution in [0.3, 0.4) is 0 Å². The Labute approximate surface area is 233 Å². The lowest BCUT2D eigenvalue weighted by molar-refractivity contribution is -0.118. The molecule has 0 radical (unpaired) electrons. The highest BCUT2D eigenvalue weighted by atomic mass is 16.2. The summed E-state index contributed by atoms with van der Waals surface area (Å²) >= 11 is 0. The third kappa shape index (κ3) is 8.26. The van der Waals surface area contributed by atoms with E-state index in [4.69, 9.17) is 0 Å². The van der Waals surface area contributed by atoms with E-state index in [9.17, 15) is 14.4 Å². The van der Waals surface area contributed by atoms with Gasteiger partial charge in [0, 0.05) is 29.5 Å². The summed E-state index contributed by atoms with van der Waals surface area (Å²) in [6.45, 7) is 18.1. The molecule has 0 spiro atoms. The van der Waals surface area contributed by atoms with Crippen molar-refractivity contribution in [1.29, 1.82) is 0 Å². The largest absolute Gasteiger partial charge is 0.347 e. The first kappa shape index (κ1) is 30.1. The molecule has 0 aliphatic rings. The van der Waals surface area contributed by atoms with Crippen LogP contribution in [0.25, 0.3) is 10.8 Å². The highest BCUT2D eigenvalue weighted by molar-refractivity contribution is 6.09. The van der Waals surface area contributed by atoms with Gasteiger partial charge in [-0.15, -0.1) is 0 Å². The second kappa shape index (κ2) is 11.3. The Hall–Kier alpha value is -3.47. The number of aryl methyl sites for hydroxylation is 1.